The summed E-state index contributed by atoms with van der Waals surface area (Å²) >= 11 is 1.43. The molecule has 0 saturated carbocycles. The number of nitrogens with zero attached hydrogens (tertiary/aromatic N) is 5. The maximum atomic E-state index is 12.8. The average molecular weight is 454 g/mol. The summed E-state index contributed by atoms with van der Waals surface area (Å²) in [5.41, 5.74) is 2.54. The minimum absolute atomic E-state index is 0.119. The summed E-state index contributed by atoms with van der Waals surface area (Å²) in [4.78, 5) is 28.9. The van der Waals surface area contributed by atoms with Gasteiger partial charge in [-0.25, -0.2) is 0 Å². The molecule has 0 spiro atoms. The molecule has 0 N–H and O–H groups in total. The van der Waals surface area contributed by atoms with Crippen LogP contribution in [0.1, 0.15) is 50.4 Å². The monoisotopic (exact) mass is 453 g/mol. The number of hydrogen-bond acceptors (Lipinski definition) is 5. The van der Waals surface area contributed by atoms with E-state index in [9.17, 15) is 9.59 Å². The van der Waals surface area contributed by atoms with Gasteiger partial charge in [-0.2, -0.15) is 0 Å². The van der Waals surface area contributed by atoms with Crippen molar-refractivity contribution in [3.05, 3.63) is 47.8 Å². The molecule has 170 valence electrons. The van der Waals surface area contributed by atoms with Crippen LogP contribution in [0.15, 0.2) is 41.6 Å². The van der Waals surface area contributed by atoms with E-state index in [1.807, 2.05) is 39.5 Å². The molecule has 7 nitrogen and oxygen atoms in total. The highest BCUT2D eigenvalue weighted by Gasteiger charge is 2.22. The highest BCUT2D eigenvalue weighted by molar-refractivity contribution is 7.99. The molecule has 3 heterocycles. The van der Waals surface area contributed by atoms with Gasteiger partial charge >= 0.3 is 0 Å². The Morgan fingerprint density at radius 3 is 2.66 bits per heavy atom. The predicted octanol–water partition coefficient (Wildman–Crippen LogP) is 3.61. The van der Waals surface area contributed by atoms with Crippen molar-refractivity contribution in [3.63, 3.8) is 0 Å². The summed E-state index contributed by atoms with van der Waals surface area (Å²) in [6.07, 6.45) is 6.76. The number of likely N-dealkylation sites (tertiary alicyclic amines) is 1. The van der Waals surface area contributed by atoms with E-state index in [4.69, 9.17) is 0 Å². The van der Waals surface area contributed by atoms with Crippen molar-refractivity contribution in [2.45, 2.75) is 57.3 Å². The number of hydrogen-bond donors (Lipinski definition) is 0. The van der Waals surface area contributed by atoms with Gasteiger partial charge in [-0.3, -0.25) is 9.59 Å². The fourth-order valence-electron chi connectivity index (χ4n) is 4.26. The van der Waals surface area contributed by atoms with Gasteiger partial charge in [0.25, 0.3) is 0 Å². The summed E-state index contributed by atoms with van der Waals surface area (Å²) < 4.78 is 2.03. The highest BCUT2D eigenvalue weighted by Crippen LogP contribution is 2.24. The third-order valence-corrected chi connectivity index (χ3v) is 7.10. The van der Waals surface area contributed by atoms with Crippen molar-refractivity contribution >= 4 is 29.1 Å². The maximum Gasteiger partial charge on any atom is 0.233 e. The first kappa shape index (κ1) is 22.6. The van der Waals surface area contributed by atoms with Crippen LogP contribution in [-0.4, -0.2) is 61.8 Å². The Morgan fingerprint density at radius 2 is 1.91 bits per heavy atom. The lowest BCUT2D eigenvalue weighted by Gasteiger charge is -2.26. The zero-order valence-electron chi connectivity index (χ0n) is 18.7. The Bertz CT molecular complexity index is 972. The number of amides is 2. The second kappa shape index (κ2) is 10.8. The number of thioether (sulfide) groups is 1. The van der Waals surface area contributed by atoms with Crippen LogP contribution in [0.25, 0.3) is 5.57 Å². The second-order valence-corrected chi connectivity index (χ2v) is 9.19. The van der Waals surface area contributed by atoms with Crippen LogP contribution in [0, 0.1) is 0 Å². The van der Waals surface area contributed by atoms with Crippen molar-refractivity contribution in [3.8, 4) is 0 Å². The van der Waals surface area contributed by atoms with Crippen molar-refractivity contribution in [2.75, 3.05) is 25.4 Å². The van der Waals surface area contributed by atoms with Gasteiger partial charge < -0.3 is 14.4 Å². The molecule has 1 aromatic carbocycles. The van der Waals surface area contributed by atoms with Crippen LogP contribution in [-0.2, 0) is 22.7 Å². The molecule has 0 unspecified atom stereocenters. The summed E-state index contributed by atoms with van der Waals surface area (Å²) in [6, 6.07) is 10.4. The normalized spacial score (nSPS) is 17.3. The average Bonchev–Trinajstić information content (AvgIpc) is 3.11. The summed E-state index contributed by atoms with van der Waals surface area (Å²) in [5, 5.41) is 9.41. The van der Waals surface area contributed by atoms with E-state index in [0.29, 0.717) is 31.8 Å². The fourth-order valence-corrected chi connectivity index (χ4v) is 5.19. The standard InChI is InChI=1S/C24H31N5O2S/c1-2-29-21(17-28-14-8-4-7-11-22(28)30)25-26-24(29)32-18-23(31)27-15-12-20(13-16-27)19-9-5-3-6-10-19/h3,5-6,9-10,12H,2,4,7-8,11,13-18H2,1H3. The highest BCUT2D eigenvalue weighted by atomic mass is 32.2. The van der Waals surface area contributed by atoms with Crippen LogP contribution < -0.4 is 0 Å². The van der Waals surface area contributed by atoms with Gasteiger partial charge in [-0.1, -0.05) is 54.6 Å². The maximum absolute atomic E-state index is 12.8. The summed E-state index contributed by atoms with van der Waals surface area (Å²) in [5.74, 6) is 1.46. The van der Waals surface area contributed by atoms with Crippen molar-refractivity contribution < 1.29 is 9.59 Å². The van der Waals surface area contributed by atoms with Gasteiger partial charge in [0.1, 0.15) is 0 Å². The Hall–Kier alpha value is -2.61. The third-order valence-electron chi connectivity index (χ3n) is 6.14. The number of aromatic nitrogens is 3. The van der Waals surface area contributed by atoms with Crippen LogP contribution >= 0.6 is 11.8 Å². The Morgan fingerprint density at radius 1 is 1.06 bits per heavy atom. The third kappa shape index (κ3) is 5.41. The predicted molar refractivity (Wildman–Crippen MR) is 126 cm³/mol. The van der Waals surface area contributed by atoms with Gasteiger partial charge in [-0.15, -0.1) is 10.2 Å². The van der Waals surface area contributed by atoms with E-state index in [0.717, 1.165) is 49.8 Å². The lowest BCUT2D eigenvalue weighted by atomic mass is 10.00. The van der Waals surface area contributed by atoms with Gasteiger partial charge in [0.05, 0.1) is 12.3 Å². The fraction of sp³-hybridized carbons (Fsp3) is 0.500. The Balaban J connectivity index is 1.33. The molecule has 0 aliphatic carbocycles. The van der Waals surface area contributed by atoms with E-state index >= 15 is 0 Å². The molecule has 1 fully saturated rings. The second-order valence-electron chi connectivity index (χ2n) is 8.24. The number of carbonyl (C=O) groups excluding carboxylic acids is 2. The van der Waals surface area contributed by atoms with Crippen LogP contribution in [0.2, 0.25) is 0 Å². The minimum atomic E-state index is 0.119. The topological polar surface area (TPSA) is 71.3 Å². The van der Waals surface area contributed by atoms with Gasteiger partial charge in [0.2, 0.25) is 11.8 Å². The van der Waals surface area contributed by atoms with Crippen LogP contribution in [0.5, 0.6) is 0 Å². The van der Waals surface area contributed by atoms with Gasteiger partial charge in [0, 0.05) is 32.6 Å². The van der Waals surface area contributed by atoms with Crippen molar-refractivity contribution in [1.82, 2.24) is 24.6 Å². The molecule has 1 saturated heterocycles. The van der Waals surface area contributed by atoms with Gasteiger partial charge in [-0.05, 0) is 37.3 Å². The van der Waals surface area contributed by atoms with E-state index in [1.165, 1.54) is 22.9 Å². The van der Waals surface area contributed by atoms with Gasteiger partial charge in [0.15, 0.2) is 11.0 Å². The molecular weight excluding hydrogens is 422 g/mol. The summed E-state index contributed by atoms with van der Waals surface area (Å²) in [6.45, 7) is 5.42. The summed E-state index contributed by atoms with van der Waals surface area (Å²) in [7, 11) is 0. The van der Waals surface area contributed by atoms with Crippen molar-refractivity contribution in [1.29, 1.82) is 0 Å². The first-order valence-electron chi connectivity index (χ1n) is 11.5. The van der Waals surface area contributed by atoms with E-state index in [1.54, 1.807) is 0 Å². The molecule has 8 heteroatoms. The zero-order valence-corrected chi connectivity index (χ0v) is 19.5. The molecule has 0 bridgehead atoms. The van der Waals surface area contributed by atoms with E-state index < -0.39 is 0 Å². The molecule has 2 amide bonds. The zero-order chi connectivity index (χ0) is 22.3. The molecule has 4 rings (SSSR count). The first-order valence-corrected chi connectivity index (χ1v) is 12.5. The first-order chi connectivity index (χ1) is 15.7. The molecule has 2 aromatic rings. The van der Waals surface area contributed by atoms with Crippen molar-refractivity contribution in [2.24, 2.45) is 0 Å². The van der Waals surface area contributed by atoms with Crippen LogP contribution in [0.3, 0.4) is 0 Å². The Kier molecular flexibility index (Phi) is 7.63. The molecule has 1 aromatic heterocycles. The lowest BCUT2D eigenvalue weighted by Crippen LogP contribution is -2.36. The van der Waals surface area contributed by atoms with Crippen LogP contribution in [0.4, 0.5) is 0 Å². The quantitative estimate of drug-likeness (QED) is 0.599. The largest absolute Gasteiger partial charge is 0.338 e. The SMILES string of the molecule is CCn1c(CN2CCCCCC2=O)nnc1SCC(=O)N1CC=C(c2ccccc2)CC1. The lowest BCUT2D eigenvalue weighted by molar-refractivity contribution is -0.131. The smallest absolute Gasteiger partial charge is 0.233 e. The molecule has 32 heavy (non-hydrogen) atoms. The number of rotatable bonds is 7. The molecule has 0 atom stereocenters. The van der Waals surface area contributed by atoms with E-state index in [-0.39, 0.29) is 11.8 Å². The number of carbonyl (C=O) groups is 2. The molecule has 2 aliphatic rings. The molecular formula is C24H31N5O2S. The molecule has 2 aliphatic heterocycles. The Labute approximate surface area is 193 Å². The van der Waals surface area contributed by atoms with E-state index in [2.05, 4.69) is 28.4 Å². The number of benzene rings is 1. The molecule has 0 radical (unpaired) electrons. The minimum Gasteiger partial charge on any atom is -0.338 e.